The van der Waals surface area contributed by atoms with Gasteiger partial charge in [0.25, 0.3) is 0 Å². The van der Waals surface area contributed by atoms with E-state index in [1.807, 2.05) is 42.5 Å². The molecule has 27 heavy (non-hydrogen) atoms. The fraction of sp³-hybridized carbons (Fsp3) is 0.208. The number of hydrogen-bond donors (Lipinski definition) is 2. The van der Waals surface area contributed by atoms with Crippen LogP contribution in [0.1, 0.15) is 28.7 Å². The van der Waals surface area contributed by atoms with Gasteiger partial charge in [-0.15, -0.1) is 0 Å². The molecule has 2 aromatic rings. The molecule has 3 heteroatoms. The SMILES string of the molecule is C=C/C=C(\C=C)c1cccc(CC(=O)Nc2cccc3c2CC(O)CC3)c1. The quantitative estimate of drug-likeness (QED) is 0.748. The first-order valence-corrected chi connectivity index (χ1v) is 9.24. The summed E-state index contributed by atoms with van der Waals surface area (Å²) in [5.41, 5.74) is 6.00. The van der Waals surface area contributed by atoms with Crippen LogP contribution in [0.2, 0.25) is 0 Å². The molecule has 2 aromatic carbocycles. The Kier molecular flexibility index (Phi) is 6.05. The fourth-order valence-corrected chi connectivity index (χ4v) is 3.54. The standard InChI is InChI=1S/C24H25NO2/c1-3-7-18(4-2)20-10-5-8-17(14-20)15-24(27)25-23-11-6-9-19-12-13-21(26)16-22(19)23/h3-11,14,21,26H,1-2,12-13,15-16H2,(H,25,27)/b18-7+. The Bertz CT molecular complexity index is 895. The highest BCUT2D eigenvalue weighted by molar-refractivity contribution is 5.93. The predicted octanol–water partition coefficient (Wildman–Crippen LogP) is 4.47. The molecule has 1 atom stereocenters. The van der Waals surface area contributed by atoms with Crippen molar-refractivity contribution in [1.29, 1.82) is 0 Å². The van der Waals surface area contributed by atoms with Crippen molar-refractivity contribution in [2.24, 2.45) is 0 Å². The maximum Gasteiger partial charge on any atom is 0.228 e. The highest BCUT2D eigenvalue weighted by Crippen LogP contribution is 2.28. The zero-order valence-corrected chi connectivity index (χ0v) is 15.4. The largest absolute Gasteiger partial charge is 0.393 e. The monoisotopic (exact) mass is 359 g/mol. The van der Waals surface area contributed by atoms with Crippen LogP contribution in [-0.2, 0) is 24.1 Å². The maximum absolute atomic E-state index is 12.6. The topological polar surface area (TPSA) is 49.3 Å². The summed E-state index contributed by atoms with van der Waals surface area (Å²) in [4.78, 5) is 12.6. The van der Waals surface area contributed by atoms with Crippen molar-refractivity contribution in [3.05, 3.63) is 96.1 Å². The predicted molar refractivity (Wildman–Crippen MR) is 112 cm³/mol. The molecular formula is C24H25NO2. The van der Waals surface area contributed by atoms with Crippen molar-refractivity contribution in [3.8, 4) is 0 Å². The number of benzene rings is 2. The third kappa shape index (κ3) is 4.63. The molecule has 0 bridgehead atoms. The lowest BCUT2D eigenvalue weighted by molar-refractivity contribution is -0.115. The highest BCUT2D eigenvalue weighted by Gasteiger charge is 2.20. The number of carbonyl (C=O) groups excluding carboxylic acids is 1. The van der Waals surface area contributed by atoms with E-state index in [0.717, 1.165) is 40.8 Å². The van der Waals surface area contributed by atoms with E-state index in [0.29, 0.717) is 12.8 Å². The van der Waals surface area contributed by atoms with Gasteiger partial charge < -0.3 is 10.4 Å². The molecule has 0 fully saturated rings. The highest BCUT2D eigenvalue weighted by atomic mass is 16.3. The van der Waals surface area contributed by atoms with Gasteiger partial charge in [-0.1, -0.05) is 67.8 Å². The summed E-state index contributed by atoms with van der Waals surface area (Å²) in [5.74, 6) is -0.0616. The number of aliphatic hydroxyl groups is 1. The summed E-state index contributed by atoms with van der Waals surface area (Å²) in [5, 5.41) is 13.0. The number of fused-ring (bicyclic) bond motifs is 1. The van der Waals surface area contributed by atoms with Crippen molar-refractivity contribution >= 4 is 17.2 Å². The molecule has 138 valence electrons. The van der Waals surface area contributed by atoms with E-state index < -0.39 is 0 Å². The lowest BCUT2D eigenvalue weighted by atomic mass is 9.88. The Hall–Kier alpha value is -2.91. The van der Waals surface area contributed by atoms with Gasteiger partial charge in [0.1, 0.15) is 0 Å². The molecule has 0 radical (unpaired) electrons. The minimum absolute atomic E-state index is 0.0616. The van der Waals surface area contributed by atoms with Crippen LogP contribution < -0.4 is 5.32 Å². The first-order chi connectivity index (χ1) is 13.1. The number of amides is 1. The molecule has 2 N–H and O–H groups in total. The first kappa shape index (κ1) is 18.9. The number of hydrogen-bond acceptors (Lipinski definition) is 2. The fourth-order valence-electron chi connectivity index (χ4n) is 3.54. The summed E-state index contributed by atoms with van der Waals surface area (Å²) >= 11 is 0. The zero-order chi connectivity index (χ0) is 19.2. The molecule has 0 heterocycles. The Morgan fingerprint density at radius 2 is 2.04 bits per heavy atom. The van der Waals surface area contributed by atoms with Crippen LogP contribution in [0.4, 0.5) is 5.69 Å². The van der Waals surface area contributed by atoms with E-state index in [4.69, 9.17) is 0 Å². The number of rotatable bonds is 6. The minimum atomic E-state index is -0.332. The normalized spacial score (nSPS) is 16.3. The van der Waals surface area contributed by atoms with Crippen molar-refractivity contribution in [1.82, 2.24) is 0 Å². The third-order valence-electron chi connectivity index (χ3n) is 4.88. The van der Waals surface area contributed by atoms with E-state index >= 15 is 0 Å². The lowest BCUT2D eigenvalue weighted by Crippen LogP contribution is -2.22. The Morgan fingerprint density at radius 1 is 1.22 bits per heavy atom. The van der Waals surface area contributed by atoms with E-state index in [2.05, 4.69) is 24.5 Å². The van der Waals surface area contributed by atoms with E-state index in [9.17, 15) is 9.90 Å². The number of carbonyl (C=O) groups is 1. The Balaban J connectivity index is 1.75. The van der Waals surface area contributed by atoms with Crippen LogP contribution in [0.15, 0.2) is 73.9 Å². The Labute approximate surface area is 160 Å². The number of anilines is 1. The van der Waals surface area contributed by atoms with Gasteiger partial charge in [0.15, 0.2) is 0 Å². The minimum Gasteiger partial charge on any atom is -0.393 e. The van der Waals surface area contributed by atoms with Crippen molar-refractivity contribution in [2.45, 2.75) is 31.8 Å². The van der Waals surface area contributed by atoms with Crippen LogP contribution in [0, 0.1) is 0 Å². The van der Waals surface area contributed by atoms with Gasteiger partial charge in [0.2, 0.25) is 5.91 Å². The molecule has 3 rings (SSSR count). The molecule has 3 nitrogen and oxygen atoms in total. The zero-order valence-electron chi connectivity index (χ0n) is 15.4. The van der Waals surface area contributed by atoms with Gasteiger partial charge in [-0.2, -0.15) is 0 Å². The molecule has 1 aliphatic rings. The summed E-state index contributed by atoms with van der Waals surface area (Å²) in [7, 11) is 0. The third-order valence-corrected chi connectivity index (χ3v) is 4.88. The number of nitrogens with one attached hydrogen (secondary N) is 1. The summed E-state index contributed by atoms with van der Waals surface area (Å²) in [6.45, 7) is 7.56. The summed E-state index contributed by atoms with van der Waals surface area (Å²) in [6, 6.07) is 13.8. The molecule has 0 spiro atoms. The molecule has 1 aliphatic carbocycles. The van der Waals surface area contributed by atoms with Gasteiger partial charge in [-0.25, -0.2) is 0 Å². The van der Waals surface area contributed by atoms with Crippen LogP contribution in [-0.4, -0.2) is 17.1 Å². The second-order valence-electron chi connectivity index (χ2n) is 6.83. The molecule has 0 aliphatic heterocycles. The molecular weight excluding hydrogens is 334 g/mol. The van der Waals surface area contributed by atoms with Gasteiger partial charge in [0.05, 0.1) is 12.5 Å². The van der Waals surface area contributed by atoms with Crippen LogP contribution >= 0.6 is 0 Å². The van der Waals surface area contributed by atoms with Gasteiger partial charge >= 0.3 is 0 Å². The van der Waals surface area contributed by atoms with Crippen LogP contribution in [0.25, 0.3) is 5.57 Å². The van der Waals surface area contributed by atoms with E-state index in [1.54, 1.807) is 12.2 Å². The average molecular weight is 359 g/mol. The molecule has 0 saturated heterocycles. The van der Waals surface area contributed by atoms with E-state index in [1.165, 1.54) is 5.56 Å². The van der Waals surface area contributed by atoms with Crippen molar-refractivity contribution < 1.29 is 9.90 Å². The molecule has 0 saturated carbocycles. The number of allylic oxidation sites excluding steroid dienone is 4. The second kappa shape index (κ2) is 8.65. The van der Waals surface area contributed by atoms with Gasteiger partial charge in [-0.3, -0.25) is 4.79 Å². The van der Waals surface area contributed by atoms with Gasteiger partial charge in [-0.05, 0) is 46.7 Å². The average Bonchev–Trinajstić information content (AvgIpc) is 2.66. The van der Waals surface area contributed by atoms with Crippen molar-refractivity contribution in [3.63, 3.8) is 0 Å². The summed E-state index contributed by atoms with van der Waals surface area (Å²) in [6.07, 6.45) is 7.58. The Morgan fingerprint density at radius 3 is 2.81 bits per heavy atom. The van der Waals surface area contributed by atoms with Gasteiger partial charge in [0, 0.05) is 12.1 Å². The second-order valence-corrected chi connectivity index (χ2v) is 6.83. The smallest absolute Gasteiger partial charge is 0.228 e. The maximum atomic E-state index is 12.6. The lowest BCUT2D eigenvalue weighted by Gasteiger charge is -2.23. The summed E-state index contributed by atoms with van der Waals surface area (Å²) < 4.78 is 0. The first-order valence-electron chi connectivity index (χ1n) is 9.24. The van der Waals surface area contributed by atoms with Crippen LogP contribution in [0.5, 0.6) is 0 Å². The number of aryl methyl sites for hydroxylation is 1. The van der Waals surface area contributed by atoms with Crippen molar-refractivity contribution in [2.75, 3.05) is 5.32 Å². The molecule has 0 aromatic heterocycles. The number of aliphatic hydroxyl groups excluding tert-OH is 1. The molecule has 1 unspecified atom stereocenters. The van der Waals surface area contributed by atoms with E-state index in [-0.39, 0.29) is 12.0 Å². The van der Waals surface area contributed by atoms with Crippen LogP contribution in [0.3, 0.4) is 0 Å². The molecule has 1 amide bonds.